The summed E-state index contributed by atoms with van der Waals surface area (Å²) in [6, 6.07) is 20.4. The first-order valence-electron chi connectivity index (χ1n) is 12.7. The lowest BCUT2D eigenvalue weighted by Gasteiger charge is -2.18. The predicted octanol–water partition coefficient (Wildman–Crippen LogP) is 3.49. The number of alkyl carbamates (subject to hydrolysis) is 1. The Hall–Kier alpha value is -5.03. The number of hydrogen-bond donors (Lipinski definition) is 3. The van der Waals surface area contributed by atoms with Crippen LogP contribution in [0.4, 0.5) is 9.18 Å². The number of benzene rings is 3. The Labute approximate surface area is 235 Å². The van der Waals surface area contributed by atoms with Crippen molar-refractivity contribution >= 4 is 18.0 Å². The number of amides is 2. The molecule has 212 valence electrons. The van der Waals surface area contributed by atoms with Crippen LogP contribution in [0.25, 0.3) is 11.1 Å². The minimum atomic E-state index is -1.29. The Bertz CT molecular complexity index is 1490. The molecule has 10 nitrogen and oxygen atoms in total. The van der Waals surface area contributed by atoms with Crippen LogP contribution in [0.1, 0.15) is 27.2 Å². The van der Waals surface area contributed by atoms with E-state index in [0.29, 0.717) is 16.8 Å². The first kappa shape index (κ1) is 29.0. The first-order chi connectivity index (χ1) is 19.8. The van der Waals surface area contributed by atoms with Crippen molar-refractivity contribution in [3.8, 4) is 11.1 Å². The summed E-state index contributed by atoms with van der Waals surface area (Å²) in [6.45, 7) is -0.756. The van der Waals surface area contributed by atoms with Crippen LogP contribution in [0.2, 0.25) is 0 Å². The molecule has 4 aromatic rings. The van der Waals surface area contributed by atoms with Crippen LogP contribution >= 0.6 is 0 Å². The van der Waals surface area contributed by atoms with Crippen LogP contribution in [0.5, 0.6) is 0 Å². The van der Waals surface area contributed by atoms with E-state index in [2.05, 4.69) is 15.7 Å². The molecule has 3 N–H and O–H groups in total. The summed E-state index contributed by atoms with van der Waals surface area (Å²) >= 11 is 0. The van der Waals surface area contributed by atoms with Gasteiger partial charge in [0.15, 0.2) is 0 Å². The third-order valence-electron chi connectivity index (χ3n) is 6.16. The normalized spacial score (nSPS) is 11.4. The zero-order chi connectivity index (χ0) is 29.2. The predicted molar refractivity (Wildman–Crippen MR) is 147 cm³/mol. The number of aliphatic hydroxyl groups is 1. The lowest BCUT2D eigenvalue weighted by molar-refractivity contribution is -0.147. The molecular weight excluding hydrogens is 531 g/mol. The lowest BCUT2D eigenvalue weighted by atomic mass is 10.0. The van der Waals surface area contributed by atoms with Crippen molar-refractivity contribution in [2.75, 3.05) is 6.54 Å². The topological polar surface area (TPSA) is 132 Å². The van der Waals surface area contributed by atoms with E-state index in [-0.39, 0.29) is 31.9 Å². The van der Waals surface area contributed by atoms with Gasteiger partial charge in [-0.15, -0.1) is 0 Å². The molecule has 0 spiro atoms. The number of carbonyl (C=O) groups excluding carboxylic acids is 3. The van der Waals surface area contributed by atoms with Gasteiger partial charge in [-0.3, -0.25) is 9.48 Å². The van der Waals surface area contributed by atoms with Crippen LogP contribution in [-0.2, 0) is 41.1 Å². The van der Waals surface area contributed by atoms with Gasteiger partial charge < -0.3 is 25.2 Å². The average Bonchev–Trinajstić information content (AvgIpc) is 3.37. The van der Waals surface area contributed by atoms with Crippen molar-refractivity contribution in [3.63, 3.8) is 0 Å². The molecule has 2 amide bonds. The Balaban J connectivity index is 1.45. The number of halogens is 1. The van der Waals surface area contributed by atoms with Gasteiger partial charge >= 0.3 is 12.1 Å². The molecule has 0 saturated carbocycles. The number of aliphatic hydroxyl groups excluding tert-OH is 1. The SMILES string of the molecule is Cn1ncc(-c2cc(F)cc(C(=O)NC[C@@H](NC(=O)OCc3ccccc3)C(=O)OCc3ccccc3)c2)c1CO. The molecule has 3 aromatic carbocycles. The Morgan fingerprint density at radius 1 is 0.951 bits per heavy atom. The second-order valence-corrected chi connectivity index (χ2v) is 9.08. The van der Waals surface area contributed by atoms with Crippen LogP contribution in [0.15, 0.2) is 85.1 Å². The van der Waals surface area contributed by atoms with Gasteiger partial charge in [0, 0.05) is 24.7 Å². The van der Waals surface area contributed by atoms with Gasteiger partial charge in [0.05, 0.1) is 18.5 Å². The quantitative estimate of drug-likeness (QED) is 0.239. The summed E-state index contributed by atoms with van der Waals surface area (Å²) in [5, 5.41) is 18.7. The minimum Gasteiger partial charge on any atom is -0.459 e. The highest BCUT2D eigenvalue weighted by Gasteiger charge is 2.25. The zero-order valence-corrected chi connectivity index (χ0v) is 22.2. The number of aromatic nitrogens is 2. The smallest absolute Gasteiger partial charge is 0.408 e. The highest BCUT2D eigenvalue weighted by molar-refractivity contribution is 5.96. The summed E-state index contributed by atoms with van der Waals surface area (Å²) in [6.07, 6.45) is 0.581. The maximum atomic E-state index is 14.5. The Morgan fingerprint density at radius 3 is 2.22 bits per heavy atom. The molecule has 0 fully saturated rings. The summed E-state index contributed by atoms with van der Waals surface area (Å²) in [7, 11) is 1.64. The number of hydrogen-bond acceptors (Lipinski definition) is 7. The molecule has 0 aliphatic heterocycles. The van der Waals surface area contributed by atoms with Crippen LogP contribution in [0.3, 0.4) is 0 Å². The molecule has 1 aromatic heterocycles. The molecule has 0 radical (unpaired) electrons. The average molecular weight is 561 g/mol. The van der Waals surface area contributed by atoms with Crippen LogP contribution < -0.4 is 10.6 Å². The molecule has 0 saturated heterocycles. The first-order valence-corrected chi connectivity index (χ1v) is 12.7. The van der Waals surface area contributed by atoms with Crippen molar-refractivity contribution in [2.24, 2.45) is 7.05 Å². The van der Waals surface area contributed by atoms with Gasteiger partial charge in [-0.2, -0.15) is 5.10 Å². The van der Waals surface area contributed by atoms with E-state index >= 15 is 0 Å². The van der Waals surface area contributed by atoms with Gasteiger partial charge in [0.25, 0.3) is 5.91 Å². The molecule has 11 heteroatoms. The maximum absolute atomic E-state index is 14.5. The van der Waals surface area contributed by atoms with Crippen molar-refractivity contribution in [2.45, 2.75) is 25.9 Å². The lowest BCUT2D eigenvalue weighted by Crippen LogP contribution is -2.49. The molecule has 1 atom stereocenters. The molecule has 4 rings (SSSR count). The fraction of sp³-hybridized carbons (Fsp3) is 0.200. The highest BCUT2D eigenvalue weighted by atomic mass is 19.1. The minimum absolute atomic E-state index is 0.0267. The second-order valence-electron chi connectivity index (χ2n) is 9.08. The summed E-state index contributed by atoms with van der Waals surface area (Å²) in [5.41, 5.74) is 2.71. The van der Waals surface area contributed by atoms with E-state index in [4.69, 9.17) is 9.47 Å². The number of nitrogens with one attached hydrogen (secondary N) is 2. The number of carbonyl (C=O) groups is 3. The monoisotopic (exact) mass is 560 g/mol. The molecule has 0 aliphatic rings. The third-order valence-corrected chi connectivity index (χ3v) is 6.16. The number of ether oxygens (including phenoxy) is 2. The summed E-state index contributed by atoms with van der Waals surface area (Å²) < 4.78 is 26.5. The van der Waals surface area contributed by atoms with E-state index in [1.54, 1.807) is 55.6 Å². The Morgan fingerprint density at radius 2 is 1.59 bits per heavy atom. The molecule has 0 aliphatic carbocycles. The van der Waals surface area contributed by atoms with E-state index < -0.39 is 29.8 Å². The van der Waals surface area contributed by atoms with Crippen molar-refractivity contribution in [1.82, 2.24) is 20.4 Å². The van der Waals surface area contributed by atoms with E-state index in [1.807, 2.05) is 12.1 Å². The van der Waals surface area contributed by atoms with Crippen molar-refractivity contribution in [1.29, 1.82) is 0 Å². The molecule has 41 heavy (non-hydrogen) atoms. The van der Waals surface area contributed by atoms with E-state index in [0.717, 1.165) is 17.2 Å². The zero-order valence-electron chi connectivity index (χ0n) is 22.2. The highest BCUT2D eigenvalue weighted by Crippen LogP contribution is 2.25. The fourth-order valence-electron chi connectivity index (χ4n) is 3.99. The number of esters is 1. The van der Waals surface area contributed by atoms with Crippen molar-refractivity contribution in [3.05, 3.63) is 113 Å². The maximum Gasteiger partial charge on any atom is 0.408 e. The number of rotatable bonds is 11. The van der Waals surface area contributed by atoms with Gasteiger partial charge in [-0.25, -0.2) is 14.0 Å². The Kier molecular flexibility index (Phi) is 9.79. The van der Waals surface area contributed by atoms with Gasteiger partial charge in [-0.1, -0.05) is 60.7 Å². The van der Waals surface area contributed by atoms with Crippen LogP contribution in [-0.4, -0.2) is 45.4 Å². The van der Waals surface area contributed by atoms with Crippen LogP contribution in [0, 0.1) is 5.82 Å². The third kappa shape index (κ3) is 7.99. The molecule has 0 bridgehead atoms. The van der Waals surface area contributed by atoms with E-state index in [1.165, 1.54) is 23.0 Å². The van der Waals surface area contributed by atoms with E-state index in [9.17, 15) is 23.9 Å². The number of nitrogens with zero attached hydrogens (tertiary/aromatic N) is 2. The molecular formula is C30H29FN4O6. The van der Waals surface area contributed by atoms with Gasteiger partial charge in [-0.05, 0) is 34.9 Å². The van der Waals surface area contributed by atoms with Gasteiger partial charge in [0.2, 0.25) is 0 Å². The molecule has 0 unspecified atom stereocenters. The fourth-order valence-corrected chi connectivity index (χ4v) is 3.99. The largest absolute Gasteiger partial charge is 0.459 e. The second kappa shape index (κ2) is 13.9. The number of aryl methyl sites for hydroxylation is 1. The summed E-state index contributed by atoms with van der Waals surface area (Å²) in [5.74, 6) is -2.17. The summed E-state index contributed by atoms with van der Waals surface area (Å²) in [4.78, 5) is 38.4. The van der Waals surface area contributed by atoms with Gasteiger partial charge in [0.1, 0.15) is 25.1 Å². The van der Waals surface area contributed by atoms with Crippen molar-refractivity contribution < 1.29 is 33.4 Å². The standard InChI is InChI=1S/C30H29FN4O6/c1-35-27(17-36)25(15-33-35)22-12-23(14-24(31)13-22)28(37)32-16-26(29(38)40-18-20-8-4-2-5-9-20)34-30(39)41-19-21-10-6-3-7-11-21/h2-15,26,36H,16-19H2,1H3,(H,32,37)(H,34,39)/t26-/m1/s1. The molecule has 1 heterocycles.